The molecule has 1 atom stereocenters. The van der Waals surface area contributed by atoms with Crippen molar-refractivity contribution < 1.29 is 138 Å². The van der Waals surface area contributed by atoms with Crippen LogP contribution in [0.4, 0.5) is 79.0 Å². The van der Waals surface area contributed by atoms with Crippen molar-refractivity contribution >= 4 is 40.9 Å². The third kappa shape index (κ3) is 21.8. The average Bonchev–Trinajstić information content (AvgIpc) is 4.09. The topological polar surface area (TPSA) is 319 Å². The lowest BCUT2D eigenvalue weighted by molar-refractivity contribution is -0.193. The lowest BCUT2D eigenvalue weighted by Crippen LogP contribution is -2.65. The van der Waals surface area contributed by atoms with Crippen molar-refractivity contribution in [1.29, 1.82) is 5.26 Å². The Morgan fingerprint density at radius 2 is 1.19 bits per heavy atom. The Morgan fingerprint density at radius 3 is 1.60 bits per heavy atom. The van der Waals surface area contributed by atoms with Crippen molar-refractivity contribution in [2.24, 2.45) is 0 Å². The van der Waals surface area contributed by atoms with Gasteiger partial charge in [-0.15, -0.1) is 0 Å². The summed E-state index contributed by atoms with van der Waals surface area (Å²) in [6.45, 7) is 2.75. The summed E-state index contributed by atoms with van der Waals surface area (Å²) in [5, 5.41) is 60.7. The van der Waals surface area contributed by atoms with Gasteiger partial charge >= 0.3 is 66.9 Å². The summed E-state index contributed by atoms with van der Waals surface area (Å²) < 4.78 is 208. The zero-order valence-electron chi connectivity index (χ0n) is 39.6. The van der Waals surface area contributed by atoms with E-state index in [1.807, 2.05) is 28.0 Å². The molecule has 2 aliphatic heterocycles. The maximum Gasteiger partial charge on any atom is 0.490 e. The molecule has 3 fully saturated rings. The molecule has 0 aromatic carbocycles. The van der Waals surface area contributed by atoms with Crippen LogP contribution in [-0.4, -0.2) is 175 Å². The van der Waals surface area contributed by atoms with Crippen LogP contribution in [0, 0.1) is 11.3 Å². The molecule has 0 bridgehead atoms. The Bertz CT molecular complexity index is 2620. The number of alkyl halides is 18. The number of fused-ring (bicyclic) bond motifs is 1. The van der Waals surface area contributed by atoms with Gasteiger partial charge in [-0.05, 0) is 49.8 Å². The molecule has 4 aromatic heterocycles. The van der Waals surface area contributed by atoms with Crippen molar-refractivity contribution in [3.63, 3.8) is 0 Å². The van der Waals surface area contributed by atoms with Crippen LogP contribution >= 0.6 is 0 Å². The van der Waals surface area contributed by atoms with Gasteiger partial charge in [-0.25, -0.2) is 38.9 Å². The average molecular weight is 1190 g/mol. The standard InChI is InChI=1S/C31H34F3N9O2.5C2HF3O2/c32-31(33,34)26-11-20(14-41-10-6-23(44)16-41)12-27(40-26)45-24-3-1-22(2-4-24)42-17-30(18-42,7-8-35)43-15-21(13-39-43)28-25-5-9-36-29(25)38-19-37-28;5*3-2(4,5)1(6)7/h5,9,11-13,15,19,22-24,44H,1-4,6-7,10,14,16-18H2,(H,36,37,38);5*(H,6,7)/t22?,23-,24?;;;;;/m1...../s1. The van der Waals surface area contributed by atoms with Gasteiger partial charge in [0.1, 0.15) is 29.3 Å². The van der Waals surface area contributed by atoms with Gasteiger partial charge in [0.05, 0.1) is 30.5 Å². The minimum absolute atomic E-state index is 0.00454. The largest absolute Gasteiger partial charge is 0.490 e. The molecular formula is C41H39F18N9O12. The SMILES string of the molecule is N#CCC1(n2cc(-c3ncnc4[nH]ccc34)cn2)CN(C2CCC(Oc3cc(CN4CC[C@@H](O)C4)cc(C(F)(F)F)n3)CC2)C1.O=C(O)C(F)(F)F.O=C(O)C(F)(F)F.O=C(O)C(F)(F)F.O=C(O)C(F)(F)F.O=C(O)C(F)(F)F. The third-order valence-corrected chi connectivity index (χ3v) is 10.6. The van der Waals surface area contributed by atoms with Gasteiger partial charge in [0.15, 0.2) is 0 Å². The number of carboxylic acid groups (broad SMARTS) is 5. The van der Waals surface area contributed by atoms with Gasteiger partial charge in [0, 0.05) is 68.2 Å². The van der Waals surface area contributed by atoms with Gasteiger partial charge < -0.3 is 40.4 Å². The number of pyridine rings is 1. The molecule has 6 heterocycles. The maximum absolute atomic E-state index is 13.7. The number of ether oxygens (including phenoxy) is 1. The molecular weight excluding hydrogens is 1150 g/mol. The number of rotatable bonds is 8. The zero-order valence-corrected chi connectivity index (χ0v) is 39.6. The number of carboxylic acids is 5. The molecule has 80 heavy (non-hydrogen) atoms. The van der Waals surface area contributed by atoms with E-state index in [0.717, 1.165) is 41.2 Å². The predicted molar refractivity (Wildman–Crippen MR) is 225 cm³/mol. The number of aromatic nitrogens is 6. The molecule has 0 amide bonds. The second-order valence-corrected chi connectivity index (χ2v) is 16.5. The number of likely N-dealkylation sites (tertiary alicyclic amines) is 2. The zero-order chi connectivity index (χ0) is 61.6. The summed E-state index contributed by atoms with van der Waals surface area (Å²) >= 11 is 0. The molecule has 4 aromatic rings. The molecule has 3 aliphatic rings. The number of nitrogens with zero attached hydrogens (tertiary/aromatic N) is 8. The lowest BCUT2D eigenvalue weighted by atomic mass is 9.82. The molecule has 1 saturated carbocycles. The van der Waals surface area contributed by atoms with Crippen molar-refractivity contribution in [3.8, 4) is 23.2 Å². The molecule has 39 heteroatoms. The van der Waals surface area contributed by atoms with E-state index in [2.05, 4.69) is 36.0 Å². The van der Waals surface area contributed by atoms with E-state index in [4.69, 9.17) is 54.2 Å². The van der Waals surface area contributed by atoms with E-state index in [1.54, 1.807) is 12.3 Å². The highest BCUT2D eigenvalue weighted by Gasteiger charge is 2.49. The molecule has 446 valence electrons. The second-order valence-electron chi connectivity index (χ2n) is 16.5. The van der Waals surface area contributed by atoms with Gasteiger partial charge in [-0.3, -0.25) is 14.5 Å². The number of nitrogens with one attached hydrogen (secondary N) is 1. The quantitative estimate of drug-likeness (QED) is 0.0852. The van der Waals surface area contributed by atoms with Crippen LogP contribution in [0.25, 0.3) is 22.3 Å². The van der Waals surface area contributed by atoms with Crippen molar-refractivity contribution in [3.05, 3.63) is 54.4 Å². The monoisotopic (exact) mass is 1190 g/mol. The van der Waals surface area contributed by atoms with E-state index in [9.17, 15) is 89.4 Å². The minimum atomic E-state index is -5.08. The number of aliphatic carboxylic acids is 5. The maximum atomic E-state index is 13.7. The van der Waals surface area contributed by atoms with Gasteiger partial charge in [0.25, 0.3) is 0 Å². The molecule has 7 rings (SSSR count). The summed E-state index contributed by atoms with van der Waals surface area (Å²) in [4.78, 5) is 64.4. The normalized spacial score (nSPS) is 18.4. The highest BCUT2D eigenvalue weighted by atomic mass is 19.4. The first-order chi connectivity index (χ1) is 36.4. The number of aromatic amines is 1. The molecule has 0 spiro atoms. The van der Waals surface area contributed by atoms with Crippen LogP contribution < -0.4 is 4.74 Å². The summed E-state index contributed by atoms with van der Waals surface area (Å²) in [6, 6.07) is 7.24. The number of hydrogen-bond donors (Lipinski definition) is 7. The minimum Gasteiger partial charge on any atom is -0.475 e. The summed E-state index contributed by atoms with van der Waals surface area (Å²) in [5.41, 5.74) is 1.47. The molecule has 7 N–H and O–H groups in total. The summed E-state index contributed by atoms with van der Waals surface area (Å²) in [7, 11) is 0. The van der Waals surface area contributed by atoms with E-state index in [-0.39, 0.29) is 12.0 Å². The highest BCUT2D eigenvalue weighted by molar-refractivity contribution is 5.90. The first kappa shape index (κ1) is 68.3. The lowest BCUT2D eigenvalue weighted by Gasteiger charge is -2.53. The first-order valence-electron chi connectivity index (χ1n) is 21.5. The van der Waals surface area contributed by atoms with Gasteiger partial charge in [0.2, 0.25) is 5.88 Å². The Morgan fingerprint density at radius 1 is 0.713 bits per heavy atom. The Balaban J connectivity index is 0.000000504. The fourth-order valence-corrected chi connectivity index (χ4v) is 7.03. The third-order valence-electron chi connectivity index (χ3n) is 10.6. The van der Waals surface area contributed by atoms with E-state index >= 15 is 0 Å². The number of aliphatic hydroxyl groups is 1. The van der Waals surface area contributed by atoms with Gasteiger partial charge in [-0.2, -0.15) is 89.4 Å². The van der Waals surface area contributed by atoms with E-state index < -0.39 is 84.2 Å². The van der Waals surface area contributed by atoms with Crippen LogP contribution in [0.5, 0.6) is 5.88 Å². The van der Waals surface area contributed by atoms with Crippen LogP contribution in [0.3, 0.4) is 0 Å². The number of H-pyrrole nitrogens is 1. The fourth-order valence-electron chi connectivity index (χ4n) is 7.03. The van der Waals surface area contributed by atoms with E-state index in [1.165, 1.54) is 6.33 Å². The number of hydrogen-bond acceptors (Lipinski definition) is 14. The van der Waals surface area contributed by atoms with E-state index in [0.29, 0.717) is 70.0 Å². The number of aliphatic hydroxyl groups excluding tert-OH is 1. The van der Waals surface area contributed by atoms with Crippen LogP contribution in [-0.2, 0) is 42.2 Å². The first-order valence-corrected chi connectivity index (χ1v) is 21.5. The number of nitriles is 1. The van der Waals surface area contributed by atoms with Gasteiger partial charge in [-0.1, -0.05) is 0 Å². The molecule has 21 nitrogen and oxygen atoms in total. The second kappa shape index (κ2) is 27.4. The molecule has 0 radical (unpaired) electrons. The molecule has 0 unspecified atom stereocenters. The number of β-amino-alcohol motifs (C(OH)–C–C–N with tert-alkyl or cyclic N) is 1. The van der Waals surface area contributed by atoms with Crippen molar-refractivity contribution in [2.75, 3.05) is 26.2 Å². The predicted octanol–water partition coefficient (Wildman–Crippen LogP) is 7.28. The molecule has 2 saturated heterocycles. The van der Waals surface area contributed by atoms with Crippen LogP contribution in [0.1, 0.15) is 49.8 Å². The fraction of sp³-hybridized carbons (Fsp3) is 0.512. The van der Waals surface area contributed by atoms with Crippen LogP contribution in [0.2, 0.25) is 0 Å². The number of halogens is 18. The highest BCUT2D eigenvalue weighted by Crippen LogP contribution is 2.39. The van der Waals surface area contributed by atoms with Crippen molar-refractivity contribution in [2.45, 2.75) is 106 Å². The smallest absolute Gasteiger partial charge is 0.475 e. The van der Waals surface area contributed by atoms with Crippen molar-refractivity contribution in [1.82, 2.24) is 39.5 Å². The summed E-state index contributed by atoms with van der Waals surface area (Å²) in [5.74, 6) is -13.8. The summed E-state index contributed by atoms with van der Waals surface area (Å²) in [6.07, 6.45) is -19.6. The number of carbonyl (C=O) groups is 5. The molecule has 1 aliphatic carbocycles. The van der Waals surface area contributed by atoms with Crippen LogP contribution in [0.15, 0.2) is 43.1 Å². The Hall–Kier alpha value is -7.76. The Labute approximate surface area is 433 Å². The Kier molecular flexibility index (Phi) is 23.4.